The molecule has 0 atom stereocenters. The summed E-state index contributed by atoms with van der Waals surface area (Å²) in [6.45, 7) is 5.95. The zero-order valence-corrected chi connectivity index (χ0v) is 17.6. The minimum atomic E-state index is -0.230. The maximum atomic E-state index is 12.5. The van der Waals surface area contributed by atoms with Crippen LogP contribution in [0.25, 0.3) is 0 Å². The number of anilines is 1. The largest absolute Gasteiger partial charge is 0.459 e. The third kappa shape index (κ3) is 4.48. The van der Waals surface area contributed by atoms with E-state index >= 15 is 0 Å². The Bertz CT molecular complexity index is 854. The molecule has 1 aliphatic heterocycles. The molecular weight excluding hydrogens is 390 g/mol. The van der Waals surface area contributed by atoms with Gasteiger partial charge >= 0.3 is 6.09 Å². The molecule has 8 heteroatoms. The van der Waals surface area contributed by atoms with Gasteiger partial charge in [0.15, 0.2) is 5.76 Å². The minimum absolute atomic E-state index is 0.207. The van der Waals surface area contributed by atoms with Gasteiger partial charge in [-0.1, -0.05) is 0 Å². The average Bonchev–Trinajstić information content (AvgIpc) is 3.38. The van der Waals surface area contributed by atoms with Crippen LogP contribution in [0.4, 0.5) is 9.80 Å². The summed E-state index contributed by atoms with van der Waals surface area (Å²) < 4.78 is 10.4. The minimum Gasteiger partial charge on any atom is -0.459 e. The summed E-state index contributed by atoms with van der Waals surface area (Å²) in [5, 5.41) is 4.01. The lowest BCUT2D eigenvalue weighted by molar-refractivity contribution is 0.0777. The van der Waals surface area contributed by atoms with Gasteiger partial charge in [-0.2, -0.15) is 0 Å². The number of amides is 2. The van der Waals surface area contributed by atoms with Gasteiger partial charge in [-0.15, -0.1) is 11.3 Å². The molecule has 2 aromatic heterocycles. The Morgan fingerprint density at radius 2 is 2.00 bits per heavy atom. The van der Waals surface area contributed by atoms with Crippen LogP contribution in [-0.2, 0) is 24.1 Å². The number of hydrogen-bond donors (Lipinski definition) is 1. The Hall–Kier alpha value is -2.32. The molecule has 7 nitrogen and oxygen atoms in total. The average molecular weight is 418 g/mol. The summed E-state index contributed by atoms with van der Waals surface area (Å²) in [7, 11) is 0. The van der Waals surface area contributed by atoms with Crippen molar-refractivity contribution in [1.29, 1.82) is 0 Å². The number of carbonyl (C=O) groups is 2. The van der Waals surface area contributed by atoms with Crippen LogP contribution in [0.2, 0.25) is 0 Å². The molecule has 0 bridgehead atoms. The van der Waals surface area contributed by atoms with Crippen molar-refractivity contribution in [2.24, 2.45) is 0 Å². The molecule has 1 N–H and O–H groups in total. The first kappa shape index (κ1) is 20.0. The van der Waals surface area contributed by atoms with Crippen LogP contribution in [0.3, 0.4) is 0 Å². The smallest absolute Gasteiger partial charge is 0.409 e. The van der Waals surface area contributed by atoms with Crippen LogP contribution in [0.15, 0.2) is 22.8 Å². The lowest BCUT2D eigenvalue weighted by Crippen LogP contribution is -2.48. The fourth-order valence-electron chi connectivity index (χ4n) is 4.00. The maximum absolute atomic E-state index is 12.5. The van der Waals surface area contributed by atoms with Gasteiger partial charge in [0.1, 0.15) is 5.00 Å². The Kier molecular flexibility index (Phi) is 6.20. The van der Waals surface area contributed by atoms with Gasteiger partial charge < -0.3 is 19.4 Å². The monoisotopic (exact) mass is 417 g/mol. The first-order chi connectivity index (χ1) is 14.2. The number of piperazine rings is 1. The highest BCUT2D eigenvalue weighted by molar-refractivity contribution is 7.16. The highest BCUT2D eigenvalue weighted by Crippen LogP contribution is 2.39. The Balaban J connectivity index is 1.47. The highest BCUT2D eigenvalue weighted by Gasteiger charge is 2.27. The topological polar surface area (TPSA) is 75.0 Å². The number of furan rings is 1. The van der Waals surface area contributed by atoms with E-state index in [1.54, 1.807) is 28.4 Å². The summed E-state index contributed by atoms with van der Waals surface area (Å²) >= 11 is 1.70. The summed E-state index contributed by atoms with van der Waals surface area (Å²) in [4.78, 5) is 30.0. The van der Waals surface area contributed by atoms with E-state index in [1.165, 1.54) is 35.1 Å². The fraction of sp³-hybridized carbons (Fsp3) is 0.524. The summed E-state index contributed by atoms with van der Waals surface area (Å²) in [5.41, 5.74) is 2.64. The second kappa shape index (κ2) is 9.00. The van der Waals surface area contributed by atoms with Crippen molar-refractivity contribution < 1.29 is 18.7 Å². The third-order valence-corrected chi connectivity index (χ3v) is 6.78. The molecule has 0 aromatic carbocycles. The lowest BCUT2D eigenvalue weighted by Gasteiger charge is -2.34. The highest BCUT2D eigenvalue weighted by atomic mass is 32.1. The predicted molar refractivity (Wildman–Crippen MR) is 111 cm³/mol. The molecule has 3 heterocycles. The zero-order chi connectivity index (χ0) is 20.2. The van der Waals surface area contributed by atoms with E-state index < -0.39 is 0 Å². The van der Waals surface area contributed by atoms with Crippen molar-refractivity contribution in [3.63, 3.8) is 0 Å². The van der Waals surface area contributed by atoms with Crippen LogP contribution in [-0.4, -0.2) is 54.6 Å². The van der Waals surface area contributed by atoms with Gasteiger partial charge in [0.05, 0.1) is 12.9 Å². The lowest BCUT2D eigenvalue weighted by atomic mass is 9.95. The van der Waals surface area contributed by atoms with Gasteiger partial charge in [0, 0.05) is 43.2 Å². The number of aryl methyl sites for hydroxylation is 1. The SMILES string of the molecule is CCOC(=O)N1CCN(Cc2c(NC(=O)c3ccco3)sc3c2CCCC3)CC1. The Morgan fingerprint density at radius 3 is 2.72 bits per heavy atom. The molecule has 0 spiro atoms. The molecule has 0 saturated carbocycles. The van der Waals surface area contributed by atoms with Crippen LogP contribution in [0.5, 0.6) is 0 Å². The van der Waals surface area contributed by atoms with E-state index in [1.807, 2.05) is 6.92 Å². The van der Waals surface area contributed by atoms with Gasteiger partial charge in [-0.05, 0) is 50.3 Å². The number of carbonyl (C=O) groups excluding carboxylic acids is 2. The molecule has 29 heavy (non-hydrogen) atoms. The molecule has 4 rings (SSSR count). The van der Waals surface area contributed by atoms with E-state index in [4.69, 9.17) is 9.15 Å². The van der Waals surface area contributed by atoms with Crippen molar-refractivity contribution in [2.45, 2.75) is 39.2 Å². The summed E-state index contributed by atoms with van der Waals surface area (Å²) in [5.74, 6) is 0.118. The van der Waals surface area contributed by atoms with E-state index in [9.17, 15) is 9.59 Å². The quantitative estimate of drug-likeness (QED) is 0.802. The van der Waals surface area contributed by atoms with Crippen molar-refractivity contribution in [3.05, 3.63) is 40.2 Å². The molecule has 0 radical (unpaired) electrons. The molecule has 156 valence electrons. The van der Waals surface area contributed by atoms with Gasteiger partial charge in [0.2, 0.25) is 0 Å². The van der Waals surface area contributed by atoms with Crippen molar-refractivity contribution in [3.8, 4) is 0 Å². The third-order valence-electron chi connectivity index (χ3n) is 5.53. The van der Waals surface area contributed by atoms with E-state index in [2.05, 4.69) is 10.2 Å². The number of ether oxygens (including phenoxy) is 1. The van der Waals surface area contributed by atoms with E-state index in [0.717, 1.165) is 37.5 Å². The van der Waals surface area contributed by atoms with Gasteiger partial charge in [-0.3, -0.25) is 9.69 Å². The second-order valence-electron chi connectivity index (χ2n) is 7.41. The van der Waals surface area contributed by atoms with E-state index in [-0.39, 0.29) is 12.0 Å². The van der Waals surface area contributed by atoms with Gasteiger partial charge in [0.25, 0.3) is 5.91 Å². The normalized spacial score (nSPS) is 17.1. The fourth-order valence-corrected chi connectivity index (χ4v) is 5.29. The van der Waals surface area contributed by atoms with Crippen LogP contribution < -0.4 is 5.32 Å². The molecule has 1 aliphatic carbocycles. The molecule has 2 aromatic rings. The summed E-state index contributed by atoms with van der Waals surface area (Å²) in [6.07, 6.45) is 5.83. The molecule has 1 saturated heterocycles. The number of hydrogen-bond acceptors (Lipinski definition) is 6. The molecule has 0 unspecified atom stereocenters. The van der Waals surface area contributed by atoms with Crippen molar-refractivity contribution in [2.75, 3.05) is 38.1 Å². The number of rotatable bonds is 5. The molecule has 2 amide bonds. The van der Waals surface area contributed by atoms with Crippen molar-refractivity contribution >= 4 is 28.3 Å². The first-order valence-electron chi connectivity index (χ1n) is 10.3. The Labute approximate surface area is 174 Å². The number of nitrogens with zero attached hydrogens (tertiary/aromatic N) is 2. The zero-order valence-electron chi connectivity index (χ0n) is 16.7. The predicted octanol–water partition coefficient (Wildman–Crippen LogP) is 3.75. The van der Waals surface area contributed by atoms with Gasteiger partial charge in [-0.25, -0.2) is 4.79 Å². The number of nitrogens with one attached hydrogen (secondary N) is 1. The summed E-state index contributed by atoms with van der Waals surface area (Å²) in [6, 6.07) is 3.40. The second-order valence-corrected chi connectivity index (χ2v) is 8.52. The van der Waals surface area contributed by atoms with Crippen molar-refractivity contribution in [1.82, 2.24) is 9.80 Å². The molecular formula is C21H27N3O4S. The standard InChI is InChI=1S/C21H27N3O4S/c1-2-27-21(26)24-11-9-23(10-12-24)14-16-15-6-3-4-8-18(15)29-20(16)22-19(25)17-7-5-13-28-17/h5,7,13H,2-4,6,8-12,14H2,1H3,(H,22,25). The van der Waals surface area contributed by atoms with Crippen LogP contribution >= 0.6 is 11.3 Å². The first-order valence-corrected chi connectivity index (χ1v) is 11.1. The van der Waals surface area contributed by atoms with E-state index in [0.29, 0.717) is 25.5 Å². The van der Waals surface area contributed by atoms with Crippen LogP contribution in [0, 0.1) is 0 Å². The molecule has 1 fully saturated rings. The maximum Gasteiger partial charge on any atom is 0.409 e. The number of fused-ring (bicyclic) bond motifs is 1. The molecule has 2 aliphatic rings. The van der Waals surface area contributed by atoms with Crippen LogP contribution in [0.1, 0.15) is 46.3 Å². The number of thiophene rings is 1. The Morgan fingerprint density at radius 1 is 1.21 bits per heavy atom.